The van der Waals surface area contributed by atoms with Crippen molar-refractivity contribution in [2.75, 3.05) is 7.11 Å². The second-order valence-corrected chi connectivity index (χ2v) is 6.12. The van der Waals surface area contributed by atoms with E-state index in [0.717, 1.165) is 24.6 Å². The number of aromatic amines is 1. The maximum Gasteiger partial charge on any atom is 0.326 e. The zero-order valence-corrected chi connectivity index (χ0v) is 15.0. The van der Waals surface area contributed by atoms with Crippen LogP contribution in [0, 0.1) is 17.6 Å². The molecule has 1 aromatic carbocycles. The lowest BCUT2D eigenvalue weighted by atomic mass is 10.0. The highest BCUT2D eigenvalue weighted by Gasteiger charge is 2.44. The number of aromatic nitrogens is 2. The van der Waals surface area contributed by atoms with Crippen LogP contribution in [0.2, 0.25) is 0 Å². The van der Waals surface area contributed by atoms with Gasteiger partial charge < -0.3 is 14.5 Å². The van der Waals surface area contributed by atoms with Crippen molar-refractivity contribution in [3.8, 4) is 0 Å². The number of pyridine rings is 1. The van der Waals surface area contributed by atoms with E-state index >= 15 is 0 Å². The smallest absolute Gasteiger partial charge is 0.326 e. The normalized spacial score (nSPS) is 19.1. The molecule has 1 saturated heterocycles. The fourth-order valence-electron chi connectivity index (χ4n) is 2.92. The number of Topliss-reactive ketones (excluding diaryl/α,β-unsaturated/α-hetero) is 1. The number of rotatable bonds is 3. The molecule has 0 radical (unpaired) electrons. The van der Waals surface area contributed by atoms with Gasteiger partial charge in [-0.1, -0.05) is 0 Å². The number of esters is 1. The Labute approximate surface area is 162 Å². The molecule has 0 amide bonds. The second-order valence-electron chi connectivity index (χ2n) is 6.12. The van der Waals surface area contributed by atoms with Gasteiger partial charge in [-0.05, 0) is 30.3 Å². The fraction of sp³-hybridized carbons (Fsp3) is 0.100. The van der Waals surface area contributed by atoms with Gasteiger partial charge in [-0.25, -0.2) is 18.8 Å². The lowest BCUT2D eigenvalue weighted by Crippen LogP contribution is -2.26. The molecule has 1 fully saturated rings. The van der Waals surface area contributed by atoms with E-state index in [1.165, 1.54) is 6.08 Å². The lowest BCUT2D eigenvalue weighted by Gasteiger charge is -2.05. The van der Waals surface area contributed by atoms with Gasteiger partial charge in [-0.3, -0.25) is 9.59 Å². The number of hydrogen-bond donors (Lipinski definition) is 1. The average molecular weight is 397 g/mol. The summed E-state index contributed by atoms with van der Waals surface area (Å²) in [6, 6.07) is 6.25. The van der Waals surface area contributed by atoms with Crippen LogP contribution in [0.15, 0.2) is 53.5 Å². The molecular formula is C20H13F2N3O4. The number of ether oxygens (including phenoxy) is 2. The minimum Gasteiger partial charge on any atom is -0.468 e. The van der Waals surface area contributed by atoms with Gasteiger partial charge in [-0.2, -0.15) is 0 Å². The van der Waals surface area contributed by atoms with Gasteiger partial charge in [0.25, 0.3) is 0 Å². The van der Waals surface area contributed by atoms with Crippen LogP contribution in [0.25, 0.3) is 17.1 Å². The quantitative estimate of drug-likeness (QED) is 0.416. The predicted molar refractivity (Wildman–Crippen MR) is 99.1 cm³/mol. The van der Waals surface area contributed by atoms with Crippen LogP contribution in [0.4, 0.5) is 14.5 Å². The number of methoxy groups -OCH3 is 1. The molecule has 1 atom stereocenters. The summed E-state index contributed by atoms with van der Waals surface area (Å²) in [6.45, 7) is 0. The van der Waals surface area contributed by atoms with Crippen LogP contribution in [-0.4, -0.2) is 34.7 Å². The third-order valence-electron chi connectivity index (χ3n) is 4.31. The Hall–Kier alpha value is -3.88. The summed E-state index contributed by atoms with van der Waals surface area (Å²) in [5.41, 5.74) is 0.937. The number of carbonyl (C=O) groups is 2. The van der Waals surface area contributed by atoms with E-state index in [2.05, 4.69) is 19.7 Å². The fourth-order valence-corrected chi connectivity index (χ4v) is 2.92. The Morgan fingerprint density at radius 3 is 2.93 bits per heavy atom. The Kier molecular flexibility index (Phi) is 4.63. The Bertz CT molecular complexity index is 1200. The van der Waals surface area contributed by atoms with E-state index in [0.29, 0.717) is 17.3 Å². The van der Waals surface area contributed by atoms with Crippen molar-refractivity contribution >= 4 is 40.4 Å². The molecular weight excluding hydrogens is 384 g/mol. The predicted octanol–water partition coefficient (Wildman–Crippen LogP) is 3.30. The Morgan fingerprint density at radius 1 is 1.34 bits per heavy atom. The molecule has 0 bridgehead atoms. The van der Waals surface area contributed by atoms with Gasteiger partial charge >= 0.3 is 5.97 Å². The summed E-state index contributed by atoms with van der Waals surface area (Å²) in [5, 5.41) is 0.737. The highest BCUT2D eigenvalue weighted by atomic mass is 19.1. The van der Waals surface area contributed by atoms with Crippen molar-refractivity contribution in [3.05, 3.63) is 65.7 Å². The number of hydrogen-bond acceptors (Lipinski definition) is 6. The zero-order chi connectivity index (χ0) is 20.5. The van der Waals surface area contributed by atoms with Gasteiger partial charge in [0.1, 0.15) is 17.2 Å². The third kappa shape index (κ3) is 3.38. The number of fused-ring (bicyclic) bond motifs is 1. The molecule has 0 spiro atoms. The molecule has 4 rings (SSSR count). The van der Waals surface area contributed by atoms with Gasteiger partial charge in [0.05, 0.1) is 7.11 Å². The number of allylic oxidation sites excluding steroid dienone is 1. The Balaban J connectivity index is 1.77. The van der Waals surface area contributed by atoms with Crippen molar-refractivity contribution in [3.63, 3.8) is 0 Å². The first-order chi connectivity index (χ1) is 14.0. The molecule has 146 valence electrons. The molecule has 0 aliphatic carbocycles. The highest BCUT2D eigenvalue weighted by molar-refractivity contribution is 6.27. The van der Waals surface area contributed by atoms with Crippen LogP contribution in [0.3, 0.4) is 0 Å². The van der Waals surface area contributed by atoms with Crippen molar-refractivity contribution < 1.29 is 27.8 Å². The number of aliphatic imine (C=N–C) groups is 1. The molecule has 1 aliphatic heterocycles. The summed E-state index contributed by atoms with van der Waals surface area (Å²) in [6.07, 6.45) is 4.67. The molecule has 7 nitrogen and oxygen atoms in total. The van der Waals surface area contributed by atoms with Crippen LogP contribution < -0.4 is 0 Å². The average Bonchev–Trinajstić information content (AvgIpc) is 3.25. The number of benzene rings is 1. The second kappa shape index (κ2) is 7.27. The van der Waals surface area contributed by atoms with Gasteiger partial charge in [-0.15, -0.1) is 0 Å². The van der Waals surface area contributed by atoms with E-state index in [1.54, 1.807) is 24.5 Å². The standard InChI is InChI=1S/C20H13F2N3O4/c1-28-20(27)16-17(26)15(7-10-9-24-18-12(10)3-2-6-23-18)29-19(16)25-14-5-4-11(21)8-13(14)22/h2-9,16H,1H3,(H,23,24)/b15-7-,25-19?. The zero-order valence-electron chi connectivity index (χ0n) is 15.0. The molecule has 3 heterocycles. The molecule has 3 aromatic rings. The summed E-state index contributed by atoms with van der Waals surface area (Å²) < 4.78 is 37.2. The van der Waals surface area contributed by atoms with Crippen molar-refractivity contribution in [2.45, 2.75) is 0 Å². The summed E-state index contributed by atoms with van der Waals surface area (Å²) in [7, 11) is 1.11. The van der Waals surface area contributed by atoms with Crippen molar-refractivity contribution in [2.24, 2.45) is 10.9 Å². The van der Waals surface area contributed by atoms with Gasteiger partial charge in [0.15, 0.2) is 17.5 Å². The summed E-state index contributed by atoms with van der Waals surface area (Å²) in [4.78, 5) is 35.9. The van der Waals surface area contributed by atoms with Gasteiger partial charge in [0.2, 0.25) is 11.7 Å². The summed E-state index contributed by atoms with van der Waals surface area (Å²) >= 11 is 0. The SMILES string of the molecule is COC(=O)C1C(=O)/C(=C/c2c[nH]c3ncccc23)OC1=Nc1ccc(F)cc1F. The third-order valence-corrected chi connectivity index (χ3v) is 4.31. The molecule has 0 saturated carbocycles. The lowest BCUT2D eigenvalue weighted by molar-refractivity contribution is -0.145. The van der Waals surface area contributed by atoms with E-state index in [4.69, 9.17) is 4.74 Å². The number of H-pyrrole nitrogens is 1. The van der Waals surface area contributed by atoms with Crippen molar-refractivity contribution in [1.29, 1.82) is 0 Å². The van der Waals surface area contributed by atoms with E-state index < -0.39 is 29.3 Å². The highest BCUT2D eigenvalue weighted by Crippen LogP contribution is 2.30. The van der Waals surface area contributed by atoms with Crippen molar-refractivity contribution in [1.82, 2.24) is 9.97 Å². The number of nitrogens with one attached hydrogen (secondary N) is 1. The van der Waals surface area contributed by atoms with E-state index in [-0.39, 0.29) is 17.3 Å². The Morgan fingerprint density at radius 2 is 2.17 bits per heavy atom. The van der Waals surface area contributed by atoms with Crippen LogP contribution >= 0.6 is 0 Å². The van der Waals surface area contributed by atoms with Crippen LogP contribution in [0.1, 0.15) is 5.56 Å². The topological polar surface area (TPSA) is 93.6 Å². The first-order valence-electron chi connectivity index (χ1n) is 8.45. The molecule has 9 heteroatoms. The van der Waals surface area contributed by atoms with E-state index in [1.807, 2.05) is 0 Å². The number of carbonyl (C=O) groups excluding carboxylic acids is 2. The number of nitrogens with zero attached hydrogens (tertiary/aromatic N) is 2. The largest absolute Gasteiger partial charge is 0.468 e. The number of ketones is 1. The monoisotopic (exact) mass is 397 g/mol. The molecule has 1 unspecified atom stereocenters. The maximum absolute atomic E-state index is 14.0. The summed E-state index contributed by atoms with van der Waals surface area (Å²) in [5.74, 6) is -5.33. The number of halogens is 2. The maximum atomic E-state index is 14.0. The molecule has 29 heavy (non-hydrogen) atoms. The first-order valence-corrected chi connectivity index (χ1v) is 8.45. The van der Waals surface area contributed by atoms with E-state index in [9.17, 15) is 18.4 Å². The van der Waals surface area contributed by atoms with Gasteiger partial charge in [0, 0.05) is 29.4 Å². The minimum atomic E-state index is -1.49. The molecule has 1 N–H and O–H groups in total. The van der Waals surface area contributed by atoms with Crippen LogP contribution in [0.5, 0.6) is 0 Å². The van der Waals surface area contributed by atoms with Crippen LogP contribution in [-0.2, 0) is 19.1 Å². The minimum absolute atomic E-state index is 0.161. The molecule has 1 aliphatic rings. The molecule has 2 aromatic heterocycles. The first kappa shape index (κ1) is 18.5.